The third kappa shape index (κ3) is 1.57. The number of nitrogens with zero attached hydrogens (tertiary/aromatic N) is 1. The standard InChI is InChI=1S/C12H11BrN2S/c13-9-3-1-8(2-4-9)12(5-6-12)10-7-16-11(14)15-10/h1-4,7H,5-6H2,(H2,14,15). The molecule has 4 heteroatoms. The number of nitrogens with two attached hydrogens (primary N) is 1. The molecule has 0 spiro atoms. The summed E-state index contributed by atoms with van der Waals surface area (Å²) in [6.07, 6.45) is 2.36. The Hall–Kier alpha value is -0.870. The number of thiazole rings is 1. The van der Waals surface area contributed by atoms with Gasteiger partial charge in [0.05, 0.1) is 5.69 Å². The van der Waals surface area contributed by atoms with Crippen LogP contribution in [0.3, 0.4) is 0 Å². The minimum absolute atomic E-state index is 0.148. The van der Waals surface area contributed by atoms with Gasteiger partial charge in [-0.15, -0.1) is 11.3 Å². The molecule has 1 saturated carbocycles. The molecule has 1 aromatic carbocycles. The summed E-state index contributed by atoms with van der Waals surface area (Å²) in [6.45, 7) is 0. The predicted octanol–water partition coefficient (Wildman–Crippen LogP) is 3.57. The second kappa shape index (κ2) is 3.57. The van der Waals surface area contributed by atoms with Crippen molar-refractivity contribution in [1.29, 1.82) is 0 Å². The average molecular weight is 295 g/mol. The van der Waals surface area contributed by atoms with Gasteiger partial charge in [-0.3, -0.25) is 0 Å². The summed E-state index contributed by atoms with van der Waals surface area (Å²) in [5.41, 5.74) is 8.34. The van der Waals surface area contributed by atoms with Gasteiger partial charge in [0.25, 0.3) is 0 Å². The molecule has 0 radical (unpaired) electrons. The maximum absolute atomic E-state index is 5.71. The van der Waals surface area contributed by atoms with Crippen molar-refractivity contribution in [1.82, 2.24) is 4.98 Å². The van der Waals surface area contributed by atoms with Crippen LogP contribution in [-0.4, -0.2) is 4.98 Å². The molecule has 2 nitrogen and oxygen atoms in total. The van der Waals surface area contributed by atoms with Crippen LogP contribution in [0.15, 0.2) is 34.1 Å². The van der Waals surface area contributed by atoms with Crippen molar-refractivity contribution in [3.8, 4) is 0 Å². The van der Waals surface area contributed by atoms with E-state index < -0.39 is 0 Å². The van der Waals surface area contributed by atoms with E-state index in [1.54, 1.807) is 0 Å². The Kier molecular flexibility index (Phi) is 2.30. The van der Waals surface area contributed by atoms with Crippen molar-refractivity contribution < 1.29 is 0 Å². The first kappa shape index (κ1) is 10.3. The van der Waals surface area contributed by atoms with Gasteiger partial charge in [-0.05, 0) is 30.5 Å². The van der Waals surface area contributed by atoms with E-state index in [2.05, 4.69) is 50.6 Å². The average Bonchev–Trinajstić information content (AvgIpc) is 2.97. The van der Waals surface area contributed by atoms with E-state index in [-0.39, 0.29) is 5.41 Å². The number of hydrogen-bond acceptors (Lipinski definition) is 3. The molecule has 2 N–H and O–H groups in total. The van der Waals surface area contributed by atoms with Gasteiger partial charge in [0, 0.05) is 15.3 Å². The summed E-state index contributed by atoms with van der Waals surface area (Å²) in [5.74, 6) is 0. The molecule has 1 aliphatic rings. The number of nitrogen functional groups attached to an aromatic ring is 1. The molecule has 3 rings (SSSR count). The fourth-order valence-electron chi connectivity index (χ4n) is 2.09. The van der Waals surface area contributed by atoms with Gasteiger partial charge in [0.15, 0.2) is 5.13 Å². The van der Waals surface area contributed by atoms with E-state index >= 15 is 0 Å². The topological polar surface area (TPSA) is 38.9 Å². The molecule has 0 aliphatic heterocycles. The quantitative estimate of drug-likeness (QED) is 0.920. The van der Waals surface area contributed by atoms with Crippen molar-refractivity contribution in [2.24, 2.45) is 0 Å². The lowest BCUT2D eigenvalue weighted by Gasteiger charge is -2.12. The fourth-order valence-corrected chi connectivity index (χ4v) is 3.02. The highest BCUT2D eigenvalue weighted by Crippen LogP contribution is 2.53. The Bertz CT molecular complexity index is 514. The van der Waals surface area contributed by atoms with Gasteiger partial charge in [-0.1, -0.05) is 28.1 Å². The first-order valence-corrected chi connectivity index (χ1v) is 6.85. The zero-order chi connectivity index (χ0) is 11.2. The summed E-state index contributed by atoms with van der Waals surface area (Å²) >= 11 is 4.99. The second-order valence-electron chi connectivity index (χ2n) is 4.16. The third-order valence-electron chi connectivity index (χ3n) is 3.16. The lowest BCUT2D eigenvalue weighted by Crippen LogP contribution is -2.09. The third-order valence-corrected chi connectivity index (χ3v) is 4.36. The number of rotatable bonds is 2. The minimum Gasteiger partial charge on any atom is -0.375 e. The van der Waals surface area contributed by atoms with Crippen molar-refractivity contribution in [3.63, 3.8) is 0 Å². The molecule has 2 aromatic rings. The van der Waals surface area contributed by atoms with Crippen molar-refractivity contribution in [2.75, 3.05) is 5.73 Å². The zero-order valence-corrected chi connectivity index (χ0v) is 11.0. The highest BCUT2D eigenvalue weighted by molar-refractivity contribution is 9.10. The van der Waals surface area contributed by atoms with Crippen LogP contribution in [0.5, 0.6) is 0 Å². The van der Waals surface area contributed by atoms with E-state index in [4.69, 9.17) is 5.73 Å². The molecule has 1 heterocycles. The lowest BCUT2D eigenvalue weighted by molar-refractivity contribution is 0.814. The summed E-state index contributed by atoms with van der Waals surface area (Å²) < 4.78 is 1.12. The van der Waals surface area contributed by atoms with Gasteiger partial charge in [-0.2, -0.15) is 0 Å². The lowest BCUT2D eigenvalue weighted by atomic mass is 9.93. The molecule has 0 saturated heterocycles. The Morgan fingerprint density at radius 3 is 2.44 bits per heavy atom. The molecule has 1 fully saturated rings. The van der Waals surface area contributed by atoms with E-state index in [1.807, 2.05) is 0 Å². The number of aromatic nitrogens is 1. The predicted molar refractivity (Wildman–Crippen MR) is 70.7 cm³/mol. The van der Waals surface area contributed by atoms with Crippen LogP contribution in [0.1, 0.15) is 24.1 Å². The molecule has 0 amide bonds. The summed E-state index contributed by atoms with van der Waals surface area (Å²) in [7, 11) is 0. The maximum Gasteiger partial charge on any atom is 0.180 e. The van der Waals surface area contributed by atoms with Crippen LogP contribution < -0.4 is 5.73 Å². The molecule has 0 atom stereocenters. The number of halogens is 1. The van der Waals surface area contributed by atoms with Crippen LogP contribution in [0.4, 0.5) is 5.13 Å². The zero-order valence-electron chi connectivity index (χ0n) is 8.61. The highest BCUT2D eigenvalue weighted by atomic mass is 79.9. The van der Waals surface area contributed by atoms with Gasteiger partial charge >= 0.3 is 0 Å². The van der Waals surface area contributed by atoms with Crippen LogP contribution in [0.2, 0.25) is 0 Å². The van der Waals surface area contributed by atoms with Crippen molar-refractivity contribution >= 4 is 32.4 Å². The molecular formula is C12H11BrN2S. The van der Waals surface area contributed by atoms with Crippen LogP contribution >= 0.6 is 27.3 Å². The first-order chi connectivity index (χ1) is 7.71. The SMILES string of the molecule is Nc1nc(C2(c3ccc(Br)cc3)CC2)cs1. The largest absolute Gasteiger partial charge is 0.375 e. The monoisotopic (exact) mass is 294 g/mol. The minimum atomic E-state index is 0.148. The molecule has 0 bridgehead atoms. The number of benzene rings is 1. The molecule has 0 unspecified atom stereocenters. The van der Waals surface area contributed by atoms with Crippen LogP contribution in [-0.2, 0) is 5.41 Å². The van der Waals surface area contributed by atoms with Gasteiger partial charge in [-0.25, -0.2) is 4.98 Å². The van der Waals surface area contributed by atoms with E-state index in [0.717, 1.165) is 10.2 Å². The Morgan fingerprint density at radius 2 is 1.94 bits per heavy atom. The Balaban J connectivity index is 2.03. The molecule has 16 heavy (non-hydrogen) atoms. The summed E-state index contributed by atoms with van der Waals surface area (Å²) in [4.78, 5) is 4.43. The van der Waals surface area contributed by atoms with Gasteiger partial charge in [0.2, 0.25) is 0 Å². The molecule has 82 valence electrons. The van der Waals surface area contributed by atoms with Crippen LogP contribution in [0, 0.1) is 0 Å². The Morgan fingerprint density at radius 1 is 1.25 bits per heavy atom. The smallest absolute Gasteiger partial charge is 0.180 e. The van der Waals surface area contributed by atoms with Crippen molar-refractivity contribution in [3.05, 3.63) is 45.4 Å². The van der Waals surface area contributed by atoms with Gasteiger partial charge < -0.3 is 5.73 Å². The maximum atomic E-state index is 5.71. The molecule has 1 aliphatic carbocycles. The summed E-state index contributed by atoms with van der Waals surface area (Å²) in [5, 5.41) is 2.75. The number of hydrogen-bond donors (Lipinski definition) is 1. The second-order valence-corrected chi connectivity index (χ2v) is 5.97. The summed E-state index contributed by atoms with van der Waals surface area (Å²) in [6, 6.07) is 8.52. The van der Waals surface area contributed by atoms with E-state index in [0.29, 0.717) is 5.13 Å². The van der Waals surface area contributed by atoms with Gasteiger partial charge in [0.1, 0.15) is 0 Å². The molecular weight excluding hydrogens is 284 g/mol. The first-order valence-electron chi connectivity index (χ1n) is 5.18. The number of anilines is 1. The fraction of sp³-hybridized carbons (Fsp3) is 0.250. The van der Waals surface area contributed by atoms with Crippen LogP contribution in [0.25, 0.3) is 0 Å². The van der Waals surface area contributed by atoms with Crippen molar-refractivity contribution in [2.45, 2.75) is 18.3 Å². The van der Waals surface area contributed by atoms with E-state index in [1.165, 1.54) is 29.7 Å². The normalized spacial score (nSPS) is 17.3. The Labute approximate surface area is 107 Å². The van der Waals surface area contributed by atoms with E-state index in [9.17, 15) is 0 Å². The molecule has 1 aromatic heterocycles. The highest BCUT2D eigenvalue weighted by Gasteiger charge is 2.47.